The standard InChI is InChI=1S/C13H23N3OS/c1-9-6-7-11(18-9)13(10(2)14)16(5)8-12(17)15(3)4/h6-7,10,13H,8,14H2,1-5H3. The van der Waals surface area contributed by atoms with E-state index >= 15 is 0 Å². The van der Waals surface area contributed by atoms with Crippen LogP contribution in [0.15, 0.2) is 12.1 Å². The largest absolute Gasteiger partial charge is 0.348 e. The lowest BCUT2D eigenvalue weighted by molar-refractivity contribution is -0.130. The maximum atomic E-state index is 11.8. The fraction of sp³-hybridized carbons (Fsp3) is 0.615. The van der Waals surface area contributed by atoms with Gasteiger partial charge < -0.3 is 10.6 Å². The number of hydrogen-bond donors (Lipinski definition) is 1. The molecule has 1 rings (SSSR count). The highest BCUT2D eigenvalue weighted by molar-refractivity contribution is 7.12. The van der Waals surface area contributed by atoms with Crippen LogP contribution in [0.2, 0.25) is 0 Å². The number of nitrogens with zero attached hydrogens (tertiary/aromatic N) is 2. The lowest BCUT2D eigenvalue weighted by Crippen LogP contribution is -2.42. The molecule has 1 heterocycles. The highest BCUT2D eigenvalue weighted by atomic mass is 32.1. The van der Waals surface area contributed by atoms with E-state index in [2.05, 4.69) is 19.1 Å². The number of aryl methyl sites for hydroxylation is 1. The van der Waals surface area contributed by atoms with Crippen molar-refractivity contribution in [2.75, 3.05) is 27.7 Å². The first-order valence-electron chi connectivity index (χ1n) is 6.05. The van der Waals surface area contributed by atoms with Gasteiger partial charge in [-0.15, -0.1) is 11.3 Å². The smallest absolute Gasteiger partial charge is 0.236 e. The second kappa shape index (κ2) is 6.31. The van der Waals surface area contributed by atoms with Crippen molar-refractivity contribution in [3.8, 4) is 0 Å². The third-order valence-corrected chi connectivity index (χ3v) is 3.98. The van der Waals surface area contributed by atoms with Gasteiger partial charge in [0, 0.05) is 29.9 Å². The summed E-state index contributed by atoms with van der Waals surface area (Å²) in [5.74, 6) is 0.0939. The molecular weight excluding hydrogens is 246 g/mol. The fourth-order valence-electron chi connectivity index (χ4n) is 1.94. The van der Waals surface area contributed by atoms with Crippen LogP contribution in [-0.4, -0.2) is 49.4 Å². The summed E-state index contributed by atoms with van der Waals surface area (Å²) in [4.78, 5) is 17.9. The van der Waals surface area contributed by atoms with Crippen LogP contribution in [0.4, 0.5) is 0 Å². The summed E-state index contributed by atoms with van der Waals surface area (Å²) in [5.41, 5.74) is 6.07. The van der Waals surface area contributed by atoms with Crippen molar-refractivity contribution in [2.24, 2.45) is 5.73 Å². The zero-order valence-electron chi connectivity index (χ0n) is 11.8. The lowest BCUT2D eigenvalue weighted by atomic mass is 10.1. The quantitative estimate of drug-likeness (QED) is 0.880. The van der Waals surface area contributed by atoms with Crippen LogP contribution in [0.25, 0.3) is 0 Å². The minimum absolute atomic E-state index is 0.0111. The van der Waals surface area contributed by atoms with Gasteiger partial charge in [-0.3, -0.25) is 9.69 Å². The summed E-state index contributed by atoms with van der Waals surface area (Å²) in [6.45, 7) is 4.45. The Morgan fingerprint density at radius 1 is 1.39 bits per heavy atom. The third-order valence-electron chi connectivity index (χ3n) is 2.91. The van der Waals surface area contributed by atoms with Gasteiger partial charge in [-0.05, 0) is 33.0 Å². The number of nitrogens with two attached hydrogens (primary N) is 1. The third kappa shape index (κ3) is 3.80. The highest BCUT2D eigenvalue weighted by Crippen LogP contribution is 2.28. The van der Waals surface area contributed by atoms with E-state index in [-0.39, 0.29) is 18.0 Å². The monoisotopic (exact) mass is 269 g/mol. The molecule has 0 aliphatic rings. The Balaban J connectivity index is 2.82. The topological polar surface area (TPSA) is 49.6 Å². The van der Waals surface area contributed by atoms with Crippen LogP contribution < -0.4 is 5.73 Å². The Morgan fingerprint density at radius 3 is 2.39 bits per heavy atom. The summed E-state index contributed by atoms with van der Waals surface area (Å²) < 4.78 is 0. The Bertz CT molecular complexity index is 401. The number of carbonyl (C=O) groups excluding carboxylic acids is 1. The zero-order valence-corrected chi connectivity index (χ0v) is 12.6. The SMILES string of the molecule is Cc1ccc(C(C(C)N)N(C)CC(=O)N(C)C)s1. The van der Waals surface area contributed by atoms with Crippen LogP contribution >= 0.6 is 11.3 Å². The Labute approximate surface area is 113 Å². The average molecular weight is 269 g/mol. The molecule has 0 fully saturated rings. The maximum Gasteiger partial charge on any atom is 0.236 e. The van der Waals surface area contributed by atoms with E-state index in [1.807, 2.05) is 18.9 Å². The summed E-state index contributed by atoms with van der Waals surface area (Å²) in [6.07, 6.45) is 0. The molecule has 0 spiro atoms. The van der Waals surface area contributed by atoms with Gasteiger partial charge in [-0.25, -0.2) is 0 Å². The molecule has 102 valence electrons. The number of carbonyl (C=O) groups is 1. The molecule has 1 amide bonds. The van der Waals surface area contributed by atoms with Gasteiger partial charge in [0.15, 0.2) is 0 Å². The molecular formula is C13H23N3OS. The molecule has 0 saturated carbocycles. The molecule has 0 aromatic carbocycles. The number of likely N-dealkylation sites (N-methyl/N-ethyl adjacent to an activating group) is 2. The first-order chi connectivity index (χ1) is 8.32. The van der Waals surface area contributed by atoms with E-state index in [0.717, 1.165) is 0 Å². The first kappa shape index (κ1) is 15.1. The van der Waals surface area contributed by atoms with Crippen LogP contribution in [-0.2, 0) is 4.79 Å². The van der Waals surface area contributed by atoms with Gasteiger partial charge in [0.2, 0.25) is 5.91 Å². The Kier molecular flexibility index (Phi) is 5.31. The van der Waals surface area contributed by atoms with Crippen molar-refractivity contribution < 1.29 is 4.79 Å². The summed E-state index contributed by atoms with van der Waals surface area (Å²) >= 11 is 1.74. The van der Waals surface area contributed by atoms with Gasteiger partial charge in [0.1, 0.15) is 0 Å². The number of amides is 1. The van der Waals surface area contributed by atoms with E-state index < -0.39 is 0 Å². The van der Waals surface area contributed by atoms with Crippen molar-refractivity contribution in [1.82, 2.24) is 9.80 Å². The molecule has 0 saturated heterocycles. The van der Waals surface area contributed by atoms with E-state index in [1.54, 1.807) is 30.3 Å². The molecule has 2 atom stereocenters. The van der Waals surface area contributed by atoms with Gasteiger partial charge in [-0.2, -0.15) is 0 Å². The molecule has 0 bridgehead atoms. The first-order valence-corrected chi connectivity index (χ1v) is 6.87. The second-order valence-electron chi connectivity index (χ2n) is 4.96. The summed E-state index contributed by atoms with van der Waals surface area (Å²) in [7, 11) is 5.49. The van der Waals surface area contributed by atoms with E-state index in [4.69, 9.17) is 5.73 Å². The van der Waals surface area contributed by atoms with E-state index in [9.17, 15) is 4.79 Å². The van der Waals surface area contributed by atoms with Crippen LogP contribution in [0.1, 0.15) is 22.7 Å². The van der Waals surface area contributed by atoms with Crippen LogP contribution in [0, 0.1) is 6.92 Å². The number of hydrogen-bond acceptors (Lipinski definition) is 4. The van der Waals surface area contributed by atoms with Gasteiger partial charge in [0.25, 0.3) is 0 Å². The maximum absolute atomic E-state index is 11.8. The molecule has 2 unspecified atom stereocenters. The van der Waals surface area contributed by atoms with Crippen molar-refractivity contribution in [3.63, 3.8) is 0 Å². The molecule has 1 aromatic rings. The fourth-order valence-corrected chi connectivity index (χ4v) is 3.10. The Hall–Kier alpha value is -0.910. The Morgan fingerprint density at radius 2 is 2.00 bits per heavy atom. The molecule has 0 aliphatic carbocycles. The molecule has 1 aromatic heterocycles. The van der Waals surface area contributed by atoms with Gasteiger partial charge >= 0.3 is 0 Å². The van der Waals surface area contributed by atoms with Crippen LogP contribution in [0.5, 0.6) is 0 Å². The van der Waals surface area contributed by atoms with Gasteiger partial charge in [0.05, 0.1) is 12.6 Å². The second-order valence-corrected chi connectivity index (χ2v) is 6.28. The summed E-state index contributed by atoms with van der Waals surface area (Å²) in [5, 5.41) is 0. The van der Waals surface area contributed by atoms with E-state index in [0.29, 0.717) is 6.54 Å². The predicted octanol–water partition coefficient (Wildman–Crippen LogP) is 1.46. The molecule has 4 nitrogen and oxygen atoms in total. The number of rotatable bonds is 5. The molecule has 0 radical (unpaired) electrons. The lowest BCUT2D eigenvalue weighted by Gasteiger charge is -2.30. The summed E-state index contributed by atoms with van der Waals surface area (Å²) in [6, 6.07) is 4.28. The van der Waals surface area contributed by atoms with Crippen molar-refractivity contribution in [2.45, 2.75) is 25.9 Å². The normalized spacial score (nSPS) is 14.6. The molecule has 5 heteroatoms. The molecule has 18 heavy (non-hydrogen) atoms. The highest BCUT2D eigenvalue weighted by Gasteiger charge is 2.24. The molecule has 2 N–H and O–H groups in total. The minimum atomic E-state index is -0.0111. The predicted molar refractivity (Wildman–Crippen MR) is 76.8 cm³/mol. The van der Waals surface area contributed by atoms with Crippen molar-refractivity contribution in [3.05, 3.63) is 21.9 Å². The number of thiophene rings is 1. The van der Waals surface area contributed by atoms with Crippen LogP contribution in [0.3, 0.4) is 0 Å². The average Bonchev–Trinajstić information content (AvgIpc) is 2.63. The van der Waals surface area contributed by atoms with Crippen molar-refractivity contribution >= 4 is 17.2 Å². The van der Waals surface area contributed by atoms with E-state index in [1.165, 1.54) is 9.75 Å². The van der Waals surface area contributed by atoms with Gasteiger partial charge in [-0.1, -0.05) is 0 Å². The minimum Gasteiger partial charge on any atom is -0.348 e. The zero-order chi connectivity index (χ0) is 13.9. The molecule has 0 aliphatic heterocycles. The van der Waals surface area contributed by atoms with Crippen molar-refractivity contribution in [1.29, 1.82) is 0 Å².